The first kappa shape index (κ1) is 12.6. The van der Waals surface area contributed by atoms with Gasteiger partial charge in [-0.3, -0.25) is 4.98 Å². The molecule has 0 aliphatic heterocycles. The fourth-order valence-corrected chi connectivity index (χ4v) is 1.22. The summed E-state index contributed by atoms with van der Waals surface area (Å²) in [6, 6.07) is 3.30. The van der Waals surface area contributed by atoms with Crippen molar-refractivity contribution < 1.29 is 19.0 Å². The van der Waals surface area contributed by atoms with E-state index in [0.29, 0.717) is 17.9 Å². The maximum absolute atomic E-state index is 11.3. The lowest BCUT2D eigenvalue weighted by Gasteiger charge is -2.12. The molecule has 0 bridgehead atoms. The van der Waals surface area contributed by atoms with E-state index in [-0.39, 0.29) is 5.97 Å². The third-order valence-electron chi connectivity index (χ3n) is 1.97. The minimum absolute atomic E-state index is 0.347. The van der Waals surface area contributed by atoms with Gasteiger partial charge < -0.3 is 14.2 Å². The third-order valence-corrected chi connectivity index (χ3v) is 1.97. The Morgan fingerprint density at radius 3 is 2.50 bits per heavy atom. The van der Waals surface area contributed by atoms with Crippen LogP contribution in [0.15, 0.2) is 18.3 Å². The van der Waals surface area contributed by atoms with Gasteiger partial charge in [0.05, 0.1) is 17.9 Å². The molecule has 0 N–H and O–H groups in total. The van der Waals surface area contributed by atoms with Gasteiger partial charge in [-0.1, -0.05) is 0 Å². The van der Waals surface area contributed by atoms with Crippen LogP contribution in [0.3, 0.4) is 0 Å². The van der Waals surface area contributed by atoms with Gasteiger partial charge in [0.15, 0.2) is 0 Å². The van der Waals surface area contributed by atoms with Crippen LogP contribution in [0.1, 0.15) is 29.3 Å². The van der Waals surface area contributed by atoms with Crippen LogP contribution >= 0.6 is 0 Å². The van der Waals surface area contributed by atoms with E-state index in [0.717, 1.165) is 0 Å². The average molecular weight is 225 g/mol. The Kier molecular flexibility index (Phi) is 4.88. The molecule has 0 aromatic carbocycles. The van der Waals surface area contributed by atoms with Crippen molar-refractivity contribution in [2.45, 2.75) is 13.2 Å². The molecule has 5 nitrogen and oxygen atoms in total. The van der Waals surface area contributed by atoms with Crippen LogP contribution in [0.2, 0.25) is 0 Å². The molecular formula is C11H15NO4. The van der Waals surface area contributed by atoms with Gasteiger partial charge in [-0.15, -0.1) is 0 Å². The first-order valence-electron chi connectivity index (χ1n) is 4.91. The highest BCUT2D eigenvalue weighted by Crippen LogP contribution is 2.14. The van der Waals surface area contributed by atoms with Gasteiger partial charge in [0.2, 0.25) is 6.29 Å². The Balaban J connectivity index is 2.78. The third kappa shape index (κ3) is 3.01. The van der Waals surface area contributed by atoms with Crippen molar-refractivity contribution in [3.8, 4) is 0 Å². The summed E-state index contributed by atoms with van der Waals surface area (Å²) in [6.45, 7) is 2.10. The molecule has 0 unspecified atom stereocenters. The van der Waals surface area contributed by atoms with Crippen molar-refractivity contribution in [3.05, 3.63) is 29.6 Å². The predicted molar refractivity (Wildman–Crippen MR) is 57.0 cm³/mol. The molecule has 1 aromatic rings. The first-order valence-corrected chi connectivity index (χ1v) is 4.91. The number of hydrogen-bond donors (Lipinski definition) is 0. The summed E-state index contributed by atoms with van der Waals surface area (Å²) < 4.78 is 14.9. The molecule has 0 amide bonds. The second-order valence-corrected chi connectivity index (χ2v) is 3.00. The largest absolute Gasteiger partial charge is 0.462 e. The summed E-state index contributed by atoms with van der Waals surface area (Å²) in [5.74, 6) is -0.382. The molecule has 16 heavy (non-hydrogen) atoms. The van der Waals surface area contributed by atoms with Gasteiger partial charge in [0, 0.05) is 20.4 Å². The van der Waals surface area contributed by atoms with Gasteiger partial charge in [0.25, 0.3) is 0 Å². The fourth-order valence-electron chi connectivity index (χ4n) is 1.22. The van der Waals surface area contributed by atoms with Crippen molar-refractivity contribution in [3.63, 3.8) is 0 Å². The maximum atomic E-state index is 11.3. The van der Waals surface area contributed by atoms with Gasteiger partial charge in [-0.2, -0.15) is 0 Å². The molecule has 1 heterocycles. The van der Waals surface area contributed by atoms with E-state index in [1.54, 1.807) is 19.1 Å². The van der Waals surface area contributed by atoms with E-state index in [9.17, 15) is 4.79 Å². The van der Waals surface area contributed by atoms with Gasteiger partial charge in [-0.25, -0.2) is 4.79 Å². The molecule has 0 aliphatic rings. The van der Waals surface area contributed by atoms with Gasteiger partial charge >= 0.3 is 5.97 Å². The minimum Gasteiger partial charge on any atom is -0.462 e. The average Bonchev–Trinajstić information content (AvgIpc) is 2.32. The second-order valence-electron chi connectivity index (χ2n) is 3.00. The number of methoxy groups -OCH3 is 2. The van der Waals surface area contributed by atoms with E-state index >= 15 is 0 Å². The lowest BCUT2D eigenvalue weighted by Crippen LogP contribution is -2.09. The molecule has 0 saturated carbocycles. The predicted octanol–water partition coefficient (Wildman–Crippen LogP) is 1.55. The van der Waals surface area contributed by atoms with Crippen LogP contribution in [-0.4, -0.2) is 31.8 Å². The van der Waals surface area contributed by atoms with Gasteiger partial charge in [0.1, 0.15) is 0 Å². The van der Waals surface area contributed by atoms with Crippen LogP contribution in [-0.2, 0) is 14.2 Å². The molecule has 0 atom stereocenters. The van der Waals surface area contributed by atoms with E-state index in [2.05, 4.69) is 4.98 Å². The van der Waals surface area contributed by atoms with Crippen molar-refractivity contribution >= 4 is 5.97 Å². The van der Waals surface area contributed by atoms with Crippen LogP contribution < -0.4 is 0 Å². The number of hydrogen-bond acceptors (Lipinski definition) is 5. The molecule has 0 aliphatic carbocycles. The number of carbonyl (C=O) groups excluding carboxylic acids is 1. The smallest absolute Gasteiger partial charge is 0.339 e. The molecule has 1 aromatic heterocycles. The summed E-state index contributed by atoms with van der Waals surface area (Å²) in [7, 11) is 3.05. The summed E-state index contributed by atoms with van der Waals surface area (Å²) >= 11 is 0. The molecule has 0 radical (unpaired) electrons. The summed E-state index contributed by atoms with van der Waals surface area (Å²) in [5.41, 5.74) is 1.02. The Labute approximate surface area is 94.3 Å². The van der Waals surface area contributed by atoms with Crippen LogP contribution in [0, 0.1) is 0 Å². The molecule has 88 valence electrons. The van der Waals surface area contributed by atoms with Crippen LogP contribution in [0.4, 0.5) is 0 Å². The zero-order valence-electron chi connectivity index (χ0n) is 9.60. The molecule has 0 fully saturated rings. The van der Waals surface area contributed by atoms with Crippen LogP contribution in [0.5, 0.6) is 0 Å². The molecule has 5 heteroatoms. The number of esters is 1. The van der Waals surface area contributed by atoms with E-state index in [1.165, 1.54) is 20.4 Å². The number of rotatable bonds is 5. The zero-order chi connectivity index (χ0) is 12.0. The number of pyridine rings is 1. The SMILES string of the molecule is CCOC(=O)c1ccc(C(OC)OC)nc1. The highest BCUT2D eigenvalue weighted by molar-refractivity contribution is 5.88. The van der Waals surface area contributed by atoms with Crippen molar-refractivity contribution in [2.24, 2.45) is 0 Å². The van der Waals surface area contributed by atoms with Crippen molar-refractivity contribution in [1.82, 2.24) is 4.98 Å². The first-order chi connectivity index (χ1) is 7.72. The maximum Gasteiger partial charge on any atom is 0.339 e. The Morgan fingerprint density at radius 1 is 1.38 bits per heavy atom. The standard InChI is InChI=1S/C11H15NO4/c1-4-16-10(13)8-5-6-9(12-7-8)11(14-2)15-3/h5-7,11H,4H2,1-3H3. The number of aromatic nitrogens is 1. The normalized spacial score (nSPS) is 10.5. The molecule has 0 saturated heterocycles. The molecule has 0 spiro atoms. The Bertz CT molecular complexity index is 332. The highest BCUT2D eigenvalue weighted by atomic mass is 16.7. The Hall–Kier alpha value is -1.46. The second kappa shape index (κ2) is 6.19. The highest BCUT2D eigenvalue weighted by Gasteiger charge is 2.12. The van der Waals surface area contributed by atoms with E-state index < -0.39 is 6.29 Å². The quantitative estimate of drug-likeness (QED) is 0.562. The molecular weight excluding hydrogens is 210 g/mol. The number of nitrogens with zero attached hydrogens (tertiary/aromatic N) is 1. The topological polar surface area (TPSA) is 57.7 Å². The van der Waals surface area contributed by atoms with Crippen LogP contribution in [0.25, 0.3) is 0 Å². The Morgan fingerprint density at radius 2 is 2.06 bits per heavy atom. The lowest BCUT2D eigenvalue weighted by atomic mass is 10.2. The van der Waals surface area contributed by atoms with Crippen molar-refractivity contribution in [2.75, 3.05) is 20.8 Å². The van der Waals surface area contributed by atoms with E-state index in [1.807, 2.05) is 0 Å². The summed E-state index contributed by atoms with van der Waals surface area (Å²) in [5, 5.41) is 0. The summed E-state index contributed by atoms with van der Waals surface area (Å²) in [6.07, 6.45) is 0.925. The minimum atomic E-state index is -0.517. The monoisotopic (exact) mass is 225 g/mol. The lowest BCUT2D eigenvalue weighted by molar-refractivity contribution is -0.108. The van der Waals surface area contributed by atoms with E-state index in [4.69, 9.17) is 14.2 Å². The molecule has 1 rings (SSSR count). The zero-order valence-corrected chi connectivity index (χ0v) is 9.60. The number of ether oxygens (including phenoxy) is 3. The van der Waals surface area contributed by atoms with Crippen molar-refractivity contribution in [1.29, 1.82) is 0 Å². The number of carbonyl (C=O) groups is 1. The van der Waals surface area contributed by atoms with Gasteiger partial charge in [-0.05, 0) is 19.1 Å². The fraction of sp³-hybridized carbons (Fsp3) is 0.455. The summed E-state index contributed by atoms with van der Waals surface area (Å²) in [4.78, 5) is 15.4.